The Morgan fingerprint density at radius 2 is 1.74 bits per heavy atom. The van der Waals surface area contributed by atoms with Crippen molar-refractivity contribution in [2.45, 2.75) is 40.2 Å². The Balaban J connectivity index is 0.00000127. The van der Waals surface area contributed by atoms with Gasteiger partial charge >= 0.3 is 6.09 Å². The number of anilines is 1. The van der Waals surface area contributed by atoms with Crippen molar-refractivity contribution in [3.63, 3.8) is 0 Å². The molecule has 0 radical (unpaired) electrons. The molecule has 2 rings (SSSR count). The molecule has 1 saturated heterocycles. The topological polar surface area (TPSA) is 45.7 Å². The van der Waals surface area contributed by atoms with Gasteiger partial charge in [0.05, 0.1) is 6.20 Å². The van der Waals surface area contributed by atoms with Gasteiger partial charge in [-0.1, -0.05) is 13.8 Å². The van der Waals surface area contributed by atoms with Gasteiger partial charge in [0.25, 0.3) is 0 Å². The van der Waals surface area contributed by atoms with Gasteiger partial charge < -0.3 is 14.5 Å². The number of amides is 1. The molecule has 0 N–H and O–H groups in total. The average molecular weight is 329 g/mol. The van der Waals surface area contributed by atoms with Gasteiger partial charge in [0.1, 0.15) is 11.4 Å². The highest BCUT2D eigenvalue weighted by Gasteiger charge is 2.27. The molecule has 0 aliphatic carbocycles. The summed E-state index contributed by atoms with van der Waals surface area (Å²) in [5.41, 5.74) is -0.543. The summed E-state index contributed by atoms with van der Waals surface area (Å²) in [5.74, 6) is -1.29. The van der Waals surface area contributed by atoms with Crippen LogP contribution in [0, 0.1) is 11.6 Å². The molecule has 2 heterocycles. The van der Waals surface area contributed by atoms with E-state index in [9.17, 15) is 13.6 Å². The first kappa shape index (κ1) is 19.1. The predicted octanol–water partition coefficient (Wildman–Crippen LogP) is 3.44. The summed E-state index contributed by atoms with van der Waals surface area (Å²) >= 11 is 0. The van der Waals surface area contributed by atoms with E-state index in [1.165, 1.54) is 0 Å². The molecule has 1 fully saturated rings. The summed E-state index contributed by atoms with van der Waals surface area (Å²) in [6, 6.07) is 0.808. The summed E-state index contributed by atoms with van der Waals surface area (Å²) < 4.78 is 31.8. The minimum atomic E-state index is -0.705. The minimum Gasteiger partial charge on any atom is -0.444 e. The van der Waals surface area contributed by atoms with Gasteiger partial charge in [-0.25, -0.2) is 18.6 Å². The van der Waals surface area contributed by atoms with Gasteiger partial charge in [0, 0.05) is 32.2 Å². The van der Waals surface area contributed by atoms with E-state index in [2.05, 4.69) is 4.98 Å². The second-order valence-electron chi connectivity index (χ2n) is 5.91. The van der Waals surface area contributed by atoms with Gasteiger partial charge in [-0.05, 0) is 20.8 Å². The molecule has 0 saturated carbocycles. The molecule has 1 aliphatic rings. The van der Waals surface area contributed by atoms with Crippen LogP contribution in [0.3, 0.4) is 0 Å². The molecular weight excluding hydrogens is 304 g/mol. The molecule has 1 aliphatic heterocycles. The predicted molar refractivity (Wildman–Crippen MR) is 85.5 cm³/mol. The number of carbonyl (C=O) groups is 1. The van der Waals surface area contributed by atoms with Gasteiger partial charge in [-0.3, -0.25) is 0 Å². The van der Waals surface area contributed by atoms with Crippen molar-refractivity contribution in [3.8, 4) is 0 Å². The van der Waals surface area contributed by atoms with Gasteiger partial charge in [0.15, 0.2) is 11.6 Å². The third-order valence-corrected chi connectivity index (χ3v) is 3.02. The Hall–Kier alpha value is -1.92. The number of hydrogen-bond acceptors (Lipinski definition) is 4. The van der Waals surface area contributed by atoms with Crippen molar-refractivity contribution in [3.05, 3.63) is 23.9 Å². The lowest BCUT2D eigenvalue weighted by Gasteiger charge is -2.36. The summed E-state index contributed by atoms with van der Waals surface area (Å²) in [6.07, 6.45) is 0.605. The van der Waals surface area contributed by atoms with E-state index in [1.54, 1.807) is 30.6 Å². The Kier molecular flexibility index (Phi) is 6.72. The molecule has 1 aromatic heterocycles. The average Bonchev–Trinajstić information content (AvgIpc) is 2.48. The van der Waals surface area contributed by atoms with Crippen LogP contribution in [0.2, 0.25) is 0 Å². The van der Waals surface area contributed by atoms with Crippen molar-refractivity contribution in [1.29, 1.82) is 0 Å². The molecular formula is C16H25F2N3O2. The second kappa shape index (κ2) is 8.08. The zero-order valence-electron chi connectivity index (χ0n) is 14.4. The largest absolute Gasteiger partial charge is 0.444 e. The van der Waals surface area contributed by atoms with Crippen LogP contribution in [0.5, 0.6) is 0 Å². The maximum atomic E-state index is 13.7. The molecule has 1 amide bonds. The van der Waals surface area contributed by atoms with E-state index in [1.807, 2.05) is 13.8 Å². The van der Waals surface area contributed by atoms with Crippen LogP contribution in [-0.2, 0) is 4.74 Å². The molecule has 0 bridgehead atoms. The number of nitrogens with zero attached hydrogens (tertiary/aromatic N) is 3. The maximum absolute atomic E-state index is 13.7. The van der Waals surface area contributed by atoms with Crippen molar-refractivity contribution in [2.24, 2.45) is 0 Å². The fourth-order valence-electron chi connectivity index (χ4n) is 2.07. The number of piperazine rings is 1. The van der Waals surface area contributed by atoms with E-state index in [4.69, 9.17) is 4.74 Å². The molecule has 5 nitrogen and oxygen atoms in total. The minimum absolute atomic E-state index is 0.111. The van der Waals surface area contributed by atoms with E-state index in [-0.39, 0.29) is 11.9 Å². The normalized spacial score (nSPS) is 14.9. The molecule has 0 spiro atoms. The molecule has 1 aromatic rings. The van der Waals surface area contributed by atoms with Crippen LogP contribution in [0.1, 0.15) is 34.6 Å². The molecule has 130 valence electrons. The van der Waals surface area contributed by atoms with Crippen LogP contribution < -0.4 is 4.90 Å². The third-order valence-electron chi connectivity index (χ3n) is 3.02. The number of carbonyl (C=O) groups excluding carboxylic acids is 1. The highest BCUT2D eigenvalue weighted by Crippen LogP contribution is 2.19. The standard InChI is InChI=1S/C14H19F2N3O2.C2H6/c1-14(2,3)21-13(20)19-6-4-18(5-7-19)12-11(16)8-10(15)9-17-12;1-2/h8-9H,4-7H2,1-3H3;1-2H3. The van der Waals surface area contributed by atoms with Crippen LogP contribution in [-0.4, -0.2) is 47.8 Å². The number of halogens is 2. The third kappa shape index (κ3) is 5.65. The van der Waals surface area contributed by atoms with Crippen LogP contribution in [0.25, 0.3) is 0 Å². The zero-order chi connectivity index (χ0) is 17.6. The van der Waals surface area contributed by atoms with Crippen LogP contribution >= 0.6 is 0 Å². The fourth-order valence-corrected chi connectivity index (χ4v) is 2.07. The number of rotatable bonds is 1. The number of aromatic nitrogens is 1. The Morgan fingerprint density at radius 3 is 2.22 bits per heavy atom. The zero-order valence-corrected chi connectivity index (χ0v) is 14.4. The lowest BCUT2D eigenvalue weighted by molar-refractivity contribution is 0.0240. The Morgan fingerprint density at radius 1 is 1.17 bits per heavy atom. The number of ether oxygens (including phenoxy) is 1. The lowest BCUT2D eigenvalue weighted by Crippen LogP contribution is -2.50. The lowest BCUT2D eigenvalue weighted by atomic mass is 10.2. The monoisotopic (exact) mass is 329 g/mol. The summed E-state index contributed by atoms with van der Waals surface area (Å²) in [4.78, 5) is 18.9. The SMILES string of the molecule is CC.CC(C)(C)OC(=O)N1CCN(c2ncc(F)cc2F)CC1. The summed E-state index contributed by atoms with van der Waals surface area (Å²) in [7, 11) is 0. The molecule has 0 unspecified atom stereocenters. The highest BCUT2D eigenvalue weighted by molar-refractivity contribution is 5.68. The molecule has 7 heteroatoms. The number of pyridine rings is 1. The Labute approximate surface area is 136 Å². The van der Waals surface area contributed by atoms with Gasteiger partial charge in [-0.15, -0.1) is 0 Å². The maximum Gasteiger partial charge on any atom is 0.410 e. The molecule has 0 aromatic carbocycles. The first-order valence-electron chi connectivity index (χ1n) is 7.80. The quantitative estimate of drug-likeness (QED) is 0.792. The number of hydrogen-bond donors (Lipinski definition) is 0. The van der Waals surface area contributed by atoms with Crippen LogP contribution in [0.4, 0.5) is 19.4 Å². The molecule has 23 heavy (non-hydrogen) atoms. The van der Waals surface area contributed by atoms with Crippen LogP contribution in [0.15, 0.2) is 12.3 Å². The fraction of sp³-hybridized carbons (Fsp3) is 0.625. The highest BCUT2D eigenvalue weighted by atomic mass is 19.1. The Bertz CT molecular complexity index is 525. The van der Waals surface area contributed by atoms with Gasteiger partial charge in [-0.2, -0.15) is 0 Å². The summed E-state index contributed by atoms with van der Waals surface area (Å²) in [6.45, 7) is 11.1. The first-order valence-corrected chi connectivity index (χ1v) is 7.80. The first-order chi connectivity index (χ1) is 10.8. The van der Waals surface area contributed by atoms with Crippen molar-refractivity contribution in [2.75, 3.05) is 31.1 Å². The second-order valence-corrected chi connectivity index (χ2v) is 5.91. The summed E-state index contributed by atoms with van der Waals surface area (Å²) in [5, 5.41) is 0. The van der Waals surface area contributed by atoms with E-state index in [0.29, 0.717) is 26.2 Å². The van der Waals surface area contributed by atoms with E-state index in [0.717, 1.165) is 12.3 Å². The van der Waals surface area contributed by atoms with Gasteiger partial charge in [0.2, 0.25) is 0 Å². The van der Waals surface area contributed by atoms with Crippen molar-refractivity contribution in [1.82, 2.24) is 9.88 Å². The van der Waals surface area contributed by atoms with E-state index >= 15 is 0 Å². The van der Waals surface area contributed by atoms with Crippen molar-refractivity contribution < 1.29 is 18.3 Å². The van der Waals surface area contributed by atoms with Crippen molar-refractivity contribution >= 4 is 11.9 Å². The smallest absolute Gasteiger partial charge is 0.410 e. The molecule has 0 atom stereocenters. The van der Waals surface area contributed by atoms with E-state index < -0.39 is 17.2 Å².